The van der Waals surface area contributed by atoms with Crippen molar-refractivity contribution in [3.8, 4) is 0 Å². The summed E-state index contributed by atoms with van der Waals surface area (Å²) >= 11 is 5.85. The van der Waals surface area contributed by atoms with E-state index in [1.54, 1.807) is 25.3 Å². The zero-order chi connectivity index (χ0) is 16.0. The van der Waals surface area contributed by atoms with E-state index in [0.717, 1.165) is 0 Å². The minimum absolute atomic E-state index is 0.103. The molecule has 0 aliphatic heterocycles. The topological polar surface area (TPSA) is 67.6 Å². The van der Waals surface area contributed by atoms with Crippen LogP contribution in [-0.4, -0.2) is 43.2 Å². The normalized spacial score (nSPS) is 12.7. The van der Waals surface area contributed by atoms with E-state index in [1.807, 2.05) is 6.92 Å². The van der Waals surface area contributed by atoms with Gasteiger partial charge in [-0.3, -0.25) is 9.69 Å². The van der Waals surface area contributed by atoms with E-state index in [4.69, 9.17) is 22.1 Å². The van der Waals surface area contributed by atoms with Crippen molar-refractivity contribution in [1.29, 1.82) is 0 Å². The summed E-state index contributed by atoms with van der Waals surface area (Å²) in [6, 6.07) is 4.98. The number of hydrogen-bond donors (Lipinski definition) is 2. The molecular formula is C15H24ClN3O2. The number of halogens is 1. The fraction of sp³-hybridized carbons (Fsp3) is 0.533. The monoisotopic (exact) mass is 313 g/mol. The van der Waals surface area contributed by atoms with E-state index in [1.165, 1.54) is 0 Å². The quantitative estimate of drug-likeness (QED) is 0.759. The van der Waals surface area contributed by atoms with Crippen LogP contribution in [0.25, 0.3) is 0 Å². The summed E-state index contributed by atoms with van der Waals surface area (Å²) in [5.41, 5.74) is 6.88. The maximum absolute atomic E-state index is 12.4. The zero-order valence-corrected chi connectivity index (χ0v) is 13.8. The first-order valence-electron chi connectivity index (χ1n) is 6.97. The Morgan fingerprint density at radius 1 is 1.43 bits per heavy atom. The van der Waals surface area contributed by atoms with Gasteiger partial charge in [-0.05, 0) is 39.0 Å². The first kappa shape index (κ1) is 17.8. The largest absolute Gasteiger partial charge is 0.397 e. The second-order valence-electron chi connectivity index (χ2n) is 5.22. The molecule has 0 radical (unpaired) electrons. The van der Waals surface area contributed by atoms with E-state index in [2.05, 4.69) is 24.1 Å². The number of anilines is 2. The number of rotatable bonds is 7. The maximum Gasteiger partial charge on any atom is 0.241 e. The van der Waals surface area contributed by atoms with Gasteiger partial charge in [0.2, 0.25) is 5.91 Å². The number of carbonyl (C=O) groups is 1. The molecular weight excluding hydrogens is 290 g/mol. The molecule has 0 aliphatic rings. The number of nitrogens with zero attached hydrogens (tertiary/aromatic N) is 1. The number of benzene rings is 1. The van der Waals surface area contributed by atoms with Crippen LogP contribution in [0.1, 0.15) is 20.8 Å². The molecule has 1 unspecified atom stereocenters. The Hall–Kier alpha value is -1.30. The average molecular weight is 314 g/mol. The highest BCUT2D eigenvalue weighted by molar-refractivity contribution is 6.31. The molecule has 0 aliphatic carbocycles. The number of hydrogen-bond acceptors (Lipinski definition) is 4. The molecule has 1 rings (SSSR count). The number of nitrogens with two attached hydrogens (primary N) is 1. The molecule has 21 heavy (non-hydrogen) atoms. The number of nitrogens with one attached hydrogen (secondary N) is 1. The molecule has 6 heteroatoms. The summed E-state index contributed by atoms with van der Waals surface area (Å²) in [5.74, 6) is -0.103. The second kappa shape index (κ2) is 8.22. The summed E-state index contributed by atoms with van der Waals surface area (Å²) in [6.45, 7) is 7.25. The van der Waals surface area contributed by atoms with Crippen molar-refractivity contribution in [2.75, 3.05) is 31.3 Å². The summed E-state index contributed by atoms with van der Waals surface area (Å²) in [4.78, 5) is 14.5. The summed E-state index contributed by atoms with van der Waals surface area (Å²) < 4.78 is 5.09. The van der Waals surface area contributed by atoms with Crippen LogP contribution < -0.4 is 11.1 Å². The van der Waals surface area contributed by atoms with E-state index in [0.29, 0.717) is 29.5 Å². The fourth-order valence-electron chi connectivity index (χ4n) is 2.13. The van der Waals surface area contributed by atoms with E-state index >= 15 is 0 Å². The van der Waals surface area contributed by atoms with E-state index < -0.39 is 0 Å². The molecule has 1 amide bonds. The molecule has 1 aromatic rings. The van der Waals surface area contributed by atoms with Gasteiger partial charge in [0.15, 0.2) is 0 Å². The van der Waals surface area contributed by atoms with Gasteiger partial charge in [-0.25, -0.2) is 0 Å². The van der Waals surface area contributed by atoms with Crippen LogP contribution in [-0.2, 0) is 9.53 Å². The van der Waals surface area contributed by atoms with Gasteiger partial charge in [-0.15, -0.1) is 0 Å². The number of methoxy groups -OCH3 is 1. The Labute approximate surface area is 131 Å². The van der Waals surface area contributed by atoms with Crippen molar-refractivity contribution in [3.63, 3.8) is 0 Å². The Morgan fingerprint density at radius 3 is 2.62 bits per heavy atom. The molecule has 0 fully saturated rings. The first-order chi connectivity index (χ1) is 9.86. The zero-order valence-electron chi connectivity index (χ0n) is 13.0. The van der Waals surface area contributed by atoms with Gasteiger partial charge in [-0.2, -0.15) is 0 Å². The molecule has 0 heterocycles. The number of amides is 1. The highest BCUT2D eigenvalue weighted by Crippen LogP contribution is 2.23. The average Bonchev–Trinajstić information content (AvgIpc) is 2.41. The van der Waals surface area contributed by atoms with Crippen molar-refractivity contribution in [2.45, 2.75) is 32.9 Å². The van der Waals surface area contributed by atoms with Crippen LogP contribution in [0.4, 0.5) is 11.4 Å². The third-order valence-electron chi connectivity index (χ3n) is 3.37. The van der Waals surface area contributed by atoms with Crippen molar-refractivity contribution < 1.29 is 9.53 Å². The van der Waals surface area contributed by atoms with Gasteiger partial charge in [0.25, 0.3) is 0 Å². The van der Waals surface area contributed by atoms with Crippen LogP contribution in [0.15, 0.2) is 18.2 Å². The second-order valence-corrected chi connectivity index (χ2v) is 5.66. The Kier molecular flexibility index (Phi) is 6.95. The van der Waals surface area contributed by atoms with Crippen LogP contribution in [0.5, 0.6) is 0 Å². The van der Waals surface area contributed by atoms with Crippen LogP contribution >= 0.6 is 11.6 Å². The van der Waals surface area contributed by atoms with Gasteiger partial charge < -0.3 is 15.8 Å². The third kappa shape index (κ3) is 5.19. The van der Waals surface area contributed by atoms with Crippen molar-refractivity contribution in [2.24, 2.45) is 0 Å². The predicted molar refractivity (Wildman–Crippen MR) is 87.7 cm³/mol. The van der Waals surface area contributed by atoms with Gasteiger partial charge in [0.1, 0.15) is 0 Å². The summed E-state index contributed by atoms with van der Waals surface area (Å²) in [5, 5.41) is 3.39. The van der Waals surface area contributed by atoms with Crippen LogP contribution in [0, 0.1) is 0 Å². The van der Waals surface area contributed by atoms with Gasteiger partial charge in [0, 0.05) is 24.7 Å². The fourth-order valence-corrected chi connectivity index (χ4v) is 2.31. The summed E-state index contributed by atoms with van der Waals surface area (Å²) in [7, 11) is 1.65. The van der Waals surface area contributed by atoms with E-state index in [9.17, 15) is 4.79 Å². The standard InChI is InChI=1S/C15H24ClN3O2/c1-10(2)19(7-8-21-4)11(3)15(20)18-14-6-5-12(16)9-13(14)17/h5-6,9-11H,7-8,17H2,1-4H3,(H,18,20). The minimum Gasteiger partial charge on any atom is -0.397 e. The van der Waals surface area contributed by atoms with Crippen molar-refractivity contribution >= 4 is 28.9 Å². The van der Waals surface area contributed by atoms with E-state index in [-0.39, 0.29) is 18.0 Å². The smallest absolute Gasteiger partial charge is 0.241 e. The number of ether oxygens (including phenoxy) is 1. The lowest BCUT2D eigenvalue weighted by Crippen LogP contribution is -2.47. The molecule has 5 nitrogen and oxygen atoms in total. The molecule has 3 N–H and O–H groups in total. The lowest BCUT2D eigenvalue weighted by atomic mass is 10.2. The number of carbonyl (C=O) groups excluding carboxylic acids is 1. The van der Waals surface area contributed by atoms with Crippen molar-refractivity contribution in [3.05, 3.63) is 23.2 Å². The molecule has 0 saturated carbocycles. The molecule has 0 aromatic heterocycles. The Morgan fingerprint density at radius 2 is 2.10 bits per heavy atom. The third-order valence-corrected chi connectivity index (χ3v) is 3.60. The van der Waals surface area contributed by atoms with Crippen LogP contribution in [0.2, 0.25) is 5.02 Å². The molecule has 0 spiro atoms. The molecule has 1 atom stereocenters. The van der Waals surface area contributed by atoms with Gasteiger partial charge in [0.05, 0.1) is 24.0 Å². The molecule has 0 bridgehead atoms. The minimum atomic E-state index is -0.282. The number of nitrogen functional groups attached to an aromatic ring is 1. The summed E-state index contributed by atoms with van der Waals surface area (Å²) in [6.07, 6.45) is 0. The van der Waals surface area contributed by atoms with Crippen molar-refractivity contribution in [1.82, 2.24) is 4.90 Å². The highest BCUT2D eigenvalue weighted by Gasteiger charge is 2.23. The predicted octanol–water partition coefficient (Wildman–Crippen LogP) is 2.61. The van der Waals surface area contributed by atoms with Gasteiger partial charge in [-0.1, -0.05) is 11.6 Å². The molecule has 118 valence electrons. The maximum atomic E-state index is 12.4. The Bertz CT molecular complexity index is 480. The molecule has 1 aromatic carbocycles. The lowest BCUT2D eigenvalue weighted by Gasteiger charge is -2.31. The van der Waals surface area contributed by atoms with Crippen LogP contribution in [0.3, 0.4) is 0 Å². The molecule has 0 saturated heterocycles. The lowest BCUT2D eigenvalue weighted by molar-refractivity contribution is -0.121. The highest BCUT2D eigenvalue weighted by atomic mass is 35.5. The van der Waals surface area contributed by atoms with Gasteiger partial charge >= 0.3 is 0 Å². The Balaban J connectivity index is 2.76. The first-order valence-corrected chi connectivity index (χ1v) is 7.35. The SMILES string of the molecule is COCCN(C(C)C)C(C)C(=O)Nc1ccc(Cl)cc1N.